The molecular weight excluding hydrogens is 282 g/mol. The Morgan fingerprint density at radius 2 is 1.82 bits per heavy atom. The molecule has 1 heterocycles. The molecule has 0 aromatic rings. The number of carbonyl (C=O) groups excluding carboxylic acids is 1. The summed E-state index contributed by atoms with van der Waals surface area (Å²) >= 11 is 0. The standard InChI is InChI=1S/C17H29NO4/c1-11(19)18-13-9-10-17(20,12-7-5-4-6-8-12)15-14(13)21-16(2,3)22-15/h12-15,20H,4-10H2,1-3H3,(H,18,19)/t13-,14+,15+,17+/m1/s1. The maximum Gasteiger partial charge on any atom is 0.217 e. The SMILES string of the molecule is CC(=O)N[C@@H]1CC[C@](O)(C2CCCCC2)[C@H]2OC(C)(C)O[C@@H]12. The highest BCUT2D eigenvalue weighted by Crippen LogP contribution is 2.48. The van der Waals surface area contributed by atoms with E-state index >= 15 is 0 Å². The molecule has 2 saturated carbocycles. The zero-order valence-electron chi connectivity index (χ0n) is 13.9. The van der Waals surface area contributed by atoms with Gasteiger partial charge in [-0.3, -0.25) is 4.79 Å². The van der Waals surface area contributed by atoms with E-state index in [0.717, 1.165) is 19.3 Å². The van der Waals surface area contributed by atoms with Crippen molar-refractivity contribution < 1.29 is 19.4 Å². The van der Waals surface area contributed by atoms with Gasteiger partial charge in [-0.15, -0.1) is 0 Å². The van der Waals surface area contributed by atoms with Gasteiger partial charge in [-0.05, 0) is 45.4 Å². The molecule has 2 N–H and O–H groups in total. The summed E-state index contributed by atoms with van der Waals surface area (Å²) < 4.78 is 12.2. The van der Waals surface area contributed by atoms with Gasteiger partial charge < -0.3 is 19.9 Å². The highest BCUT2D eigenvalue weighted by molar-refractivity contribution is 5.73. The molecule has 0 spiro atoms. The highest BCUT2D eigenvalue weighted by atomic mass is 16.8. The molecule has 0 aromatic carbocycles. The van der Waals surface area contributed by atoms with Crippen LogP contribution in [0.3, 0.4) is 0 Å². The molecule has 3 fully saturated rings. The fourth-order valence-corrected chi connectivity index (χ4v) is 4.62. The summed E-state index contributed by atoms with van der Waals surface area (Å²) in [6.07, 6.45) is 6.56. The summed E-state index contributed by atoms with van der Waals surface area (Å²) in [6.45, 7) is 5.30. The summed E-state index contributed by atoms with van der Waals surface area (Å²) in [4.78, 5) is 11.5. The molecule has 3 aliphatic rings. The van der Waals surface area contributed by atoms with E-state index in [1.807, 2.05) is 13.8 Å². The average Bonchev–Trinajstić information content (AvgIpc) is 2.80. The zero-order chi connectivity index (χ0) is 16.0. The molecule has 5 nitrogen and oxygen atoms in total. The van der Waals surface area contributed by atoms with Gasteiger partial charge in [-0.25, -0.2) is 0 Å². The third-order valence-electron chi connectivity index (χ3n) is 5.57. The summed E-state index contributed by atoms with van der Waals surface area (Å²) in [5.74, 6) is -0.483. The van der Waals surface area contributed by atoms with Crippen LogP contribution >= 0.6 is 0 Å². The van der Waals surface area contributed by atoms with Gasteiger partial charge in [0.1, 0.15) is 12.2 Å². The lowest BCUT2D eigenvalue weighted by molar-refractivity contribution is -0.188. The Morgan fingerprint density at radius 3 is 2.45 bits per heavy atom. The molecule has 5 heteroatoms. The van der Waals surface area contributed by atoms with E-state index in [4.69, 9.17) is 9.47 Å². The van der Waals surface area contributed by atoms with Crippen LogP contribution < -0.4 is 5.32 Å². The smallest absolute Gasteiger partial charge is 0.217 e. The van der Waals surface area contributed by atoms with E-state index in [9.17, 15) is 9.90 Å². The van der Waals surface area contributed by atoms with Crippen LogP contribution in [0.5, 0.6) is 0 Å². The van der Waals surface area contributed by atoms with E-state index in [2.05, 4.69) is 5.32 Å². The topological polar surface area (TPSA) is 67.8 Å². The van der Waals surface area contributed by atoms with Crippen molar-refractivity contribution in [3.63, 3.8) is 0 Å². The van der Waals surface area contributed by atoms with Gasteiger partial charge in [0.2, 0.25) is 5.91 Å². The van der Waals surface area contributed by atoms with Crippen LogP contribution in [-0.2, 0) is 14.3 Å². The molecule has 0 aromatic heterocycles. The van der Waals surface area contributed by atoms with Crippen LogP contribution in [0.25, 0.3) is 0 Å². The van der Waals surface area contributed by atoms with E-state index in [1.165, 1.54) is 26.2 Å². The number of rotatable bonds is 2. The first kappa shape index (κ1) is 16.2. The van der Waals surface area contributed by atoms with Gasteiger partial charge in [0.05, 0.1) is 11.6 Å². The molecule has 1 aliphatic heterocycles. The second kappa shape index (κ2) is 5.77. The summed E-state index contributed by atoms with van der Waals surface area (Å²) in [6, 6.07) is -0.0758. The molecule has 0 unspecified atom stereocenters. The van der Waals surface area contributed by atoms with Crippen LogP contribution in [0.15, 0.2) is 0 Å². The fraction of sp³-hybridized carbons (Fsp3) is 0.941. The van der Waals surface area contributed by atoms with Crippen molar-refractivity contribution >= 4 is 5.91 Å². The lowest BCUT2D eigenvalue weighted by atomic mass is 9.66. The number of nitrogens with one attached hydrogen (secondary N) is 1. The molecule has 3 rings (SSSR count). The van der Waals surface area contributed by atoms with E-state index in [0.29, 0.717) is 6.42 Å². The van der Waals surface area contributed by atoms with Gasteiger partial charge in [-0.2, -0.15) is 0 Å². The molecule has 2 aliphatic carbocycles. The van der Waals surface area contributed by atoms with Gasteiger partial charge in [-0.1, -0.05) is 19.3 Å². The Balaban J connectivity index is 1.83. The Bertz CT molecular complexity index is 432. The van der Waals surface area contributed by atoms with Crippen molar-refractivity contribution in [3.05, 3.63) is 0 Å². The van der Waals surface area contributed by atoms with Crippen LogP contribution in [-0.4, -0.2) is 40.7 Å². The van der Waals surface area contributed by atoms with Crippen LogP contribution in [0, 0.1) is 5.92 Å². The molecule has 4 atom stereocenters. The van der Waals surface area contributed by atoms with E-state index in [1.54, 1.807) is 0 Å². The van der Waals surface area contributed by atoms with Crippen LogP contribution in [0.1, 0.15) is 65.7 Å². The second-order valence-corrected chi connectivity index (χ2v) is 7.69. The summed E-state index contributed by atoms with van der Waals surface area (Å²) in [5, 5.41) is 14.4. The Kier molecular flexibility index (Phi) is 4.25. The first-order valence-electron chi connectivity index (χ1n) is 8.67. The second-order valence-electron chi connectivity index (χ2n) is 7.69. The Labute approximate surface area is 132 Å². The van der Waals surface area contributed by atoms with Crippen LogP contribution in [0.2, 0.25) is 0 Å². The van der Waals surface area contributed by atoms with Gasteiger partial charge in [0, 0.05) is 6.92 Å². The number of ether oxygens (including phenoxy) is 2. The minimum atomic E-state index is -0.826. The van der Waals surface area contributed by atoms with Crippen molar-refractivity contribution in [1.82, 2.24) is 5.32 Å². The zero-order valence-corrected chi connectivity index (χ0v) is 13.9. The number of fused-ring (bicyclic) bond motifs is 1. The van der Waals surface area contributed by atoms with Crippen molar-refractivity contribution in [2.45, 2.75) is 95.4 Å². The van der Waals surface area contributed by atoms with E-state index in [-0.39, 0.29) is 30.1 Å². The summed E-state index contributed by atoms with van der Waals surface area (Å²) in [7, 11) is 0. The van der Waals surface area contributed by atoms with Crippen molar-refractivity contribution in [2.24, 2.45) is 5.92 Å². The lowest BCUT2D eigenvalue weighted by Gasteiger charge is -2.48. The van der Waals surface area contributed by atoms with Crippen molar-refractivity contribution in [1.29, 1.82) is 0 Å². The molecule has 126 valence electrons. The number of carbonyl (C=O) groups is 1. The third kappa shape index (κ3) is 2.91. The van der Waals surface area contributed by atoms with Crippen molar-refractivity contribution in [3.8, 4) is 0 Å². The molecule has 0 bridgehead atoms. The van der Waals surface area contributed by atoms with Crippen molar-refractivity contribution in [2.75, 3.05) is 0 Å². The maximum absolute atomic E-state index is 11.5. The highest BCUT2D eigenvalue weighted by Gasteiger charge is 2.59. The minimum Gasteiger partial charge on any atom is -0.387 e. The Hall–Kier alpha value is -0.650. The number of hydrogen-bond donors (Lipinski definition) is 2. The maximum atomic E-state index is 11.5. The first-order chi connectivity index (χ1) is 10.3. The van der Waals surface area contributed by atoms with Gasteiger partial charge >= 0.3 is 0 Å². The summed E-state index contributed by atoms with van der Waals surface area (Å²) in [5.41, 5.74) is -0.826. The third-order valence-corrected chi connectivity index (χ3v) is 5.57. The number of hydrogen-bond acceptors (Lipinski definition) is 4. The predicted molar refractivity (Wildman–Crippen MR) is 82.2 cm³/mol. The average molecular weight is 311 g/mol. The predicted octanol–water partition coefficient (Wildman–Crippen LogP) is 2.12. The minimum absolute atomic E-state index is 0.0554. The molecule has 1 amide bonds. The van der Waals surface area contributed by atoms with E-state index < -0.39 is 11.4 Å². The Morgan fingerprint density at radius 1 is 1.14 bits per heavy atom. The first-order valence-corrected chi connectivity index (χ1v) is 8.67. The molecule has 0 radical (unpaired) electrons. The van der Waals surface area contributed by atoms with Crippen LogP contribution in [0.4, 0.5) is 0 Å². The quantitative estimate of drug-likeness (QED) is 0.819. The fourth-order valence-electron chi connectivity index (χ4n) is 4.62. The lowest BCUT2D eigenvalue weighted by Crippen LogP contribution is -2.63. The monoisotopic (exact) mass is 311 g/mol. The molecule has 22 heavy (non-hydrogen) atoms. The molecule has 1 saturated heterocycles. The number of amides is 1. The number of aliphatic hydroxyl groups is 1. The normalized spacial score (nSPS) is 41.9. The van der Waals surface area contributed by atoms with Gasteiger partial charge in [0.25, 0.3) is 0 Å². The largest absolute Gasteiger partial charge is 0.387 e. The molecular formula is C17H29NO4. The van der Waals surface area contributed by atoms with Gasteiger partial charge in [0.15, 0.2) is 5.79 Å².